The van der Waals surface area contributed by atoms with E-state index in [4.69, 9.17) is 0 Å². The maximum absolute atomic E-state index is 11.6. The normalized spacial score (nSPS) is 23.4. The third-order valence-corrected chi connectivity index (χ3v) is 5.63. The molecule has 1 saturated heterocycles. The fourth-order valence-electron chi connectivity index (χ4n) is 4.05. The maximum atomic E-state index is 11.6. The van der Waals surface area contributed by atoms with Crippen molar-refractivity contribution in [3.8, 4) is 5.69 Å². The van der Waals surface area contributed by atoms with E-state index in [1.807, 2.05) is 47.9 Å². The van der Waals surface area contributed by atoms with Crippen molar-refractivity contribution in [2.45, 2.75) is 32.4 Å². The first-order valence-electron chi connectivity index (χ1n) is 9.54. The van der Waals surface area contributed by atoms with Crippen LogP contribution in [0.4, 0.5) is 0 Å². The minimum atomic E-state index is -0.982. The van der Waals surface area contributed by atoms with Crippen molar-refractivity contribution >= 4 is 0 Å². The van der Waals surface area contributed by atoms with Gasteiger partial charge >= 0.3 is 0 Å². The topological polar surface area (TPSA) is 54.2 Å². The number of likely N-dealkylation sites (tertiary alicyclic amines) is 1. The lowest BCUT2D eigenvalue weighted by Crippen LogP contribution is -2.49. The first kappa shape index (κ1) is 17.9. The Kier molecular flexibility index (Phi) is 4.81. The van der Waals surface area contributed by atoms with Gasteiger partial charge in [0.15, 0.2) is 5.82 Å². The summed E-state index contributed by atoms with van der Waals surface area (Å²) in [6.45, 7) is 6.60. The molecule has 1 aliphatic rings. The van der Waals surface area contributed by atoms with E-state index in [1.54, 1.807) is 0 Å². The molecule has 2 heterocycles. The van der Waals surface area contributed by atoms with Crippen LogP contribution in [0.5, 0.6) is 0 Å². The fraction of sp³-hybridized carbons (Fsp3) is 0.364. The van der Waals surface area contributed by atoms with Crippen LogP contribution in [-0.2, 0) is 12.1 Å². The SMILES string of the molecule is Cc1nnc([C@@]2(O)CCN(Cc3ccccc3)C[C@H]2C)n1-c1ccccc1. The van der Waals surface area contributed by atoms with E-state index in [0.717, 1.165) is 31.1 Å². The van der Waals surface area contributed by atoms with Crippen LogP contribution in [-0.4, -0.2) is 37.9 Å². The van der Waals surface area contributed by atoms with Crippen LogP contribution in [0.3, 0.4) is 0 Å². The quantitative estimate of drug-likeness (QED) is 0.774. The van der Waals surface area contributed by atoms with Gasteiger partial charge in [-0.15, -0.1) is 10.2 Å². The molecule has 3 aromatic rings. The number of aryl methyl sites for hydroxylation is 1. The molecule has 5 nitrogen and oxygen atoms in total. The smallest absolute Gasteiger partial charge is 0.170 e. The van der Waals surface area contributed by atoms with Crippen LogP contribution in [0.1, 0.15) is 30.6 Å². The molecule has 140 valence electrons. The molecular formula is C22H26N4O. The Hall–Kier alpha value is -2.50. The van der Waals surface area contributed by atoms with Crippen LogP contribution < -0.4 is 0 Å². The molecule has 0 amide bonds. The first-order valence-corrected chi connectivity index (χ1v) is 9.54. The van der Waals surface area contributed by atoms with E-state index in [-0.39, 0.29) is 5.92 Å². The molecule has 0 saturated carbocycles. The maximum Gasteiger partial charge on any atom is 0.170 e. The molecule has 4 rings (SSSR count). The summed E-state index contributed by atoms with van der Waals surface area (Å²) < 4.78 is 1.99. The number of hydrogen-bond donors (Lipinski definition) is 1. The lowest BCUT2D eigenvalue weighted by molar-refractivity contribution is -0.0803. The summed E-state index contributed by atoms with van der Waals surface area (Å²) >= 11 is 0. The summed E-state index contributed by atoms with van der Waals surface area (Å²) in [5, 5.41) is 20.3. The lowest BCUT2D eigenvalue weighted by atomic mass is 9.81. The number of rotatable bonds is 4. The predicted molar refractivity (Wildman–Crippen MR) is 105 cm³/mol. The van der Waals surface area contributed by atoms with E-state index in [2.05, 4.69) is 46.3 Å². The van der Waals surface area contributed by atoms with Crippen LogP contribution in [0, 0.1) is 12.8 Å². The van der Waals surface area contributed by atoms with Gasteiger partial charge in [-0.1, -0.05) is 55.5 Å². The van der Waals surface area contributed by atoms with Crippen molar-refractivity contribution in [3.63, 3.8) is 0 Å². The fourth-order valence-corrected chi connectivity index (χ4v) is 4.05. The van der Waals surface area contributed by atoms with Gasteiger partial charge in [0.25, 0.3) is 0 Å². The molecule has 1 aromatic heterocycles. The Morgan fingerprint density at radius 1 is 1.04 bits per heavy atom. The molecular weight excluding hydrogens is 336 g/mol. The second-order valence-corrected chi connectivity index (χ2v) is 7.54. The second-order valence-electron chi connectivity index (χ2n) is 7.54. The summed E-state index contributed by atoms with van der Waals surface area (Å²) in [5.41, 5.74) is 1.31. The Morgan fingerprint density at radius 2 is 1.70 bits per heavy atom. The predicted octanol–water partition coefficient (Wildman–Crippen LogP) is 3.31. The highest BCUT2D eigenvalue weighted by Gasteiger charge is 2.44. The number of aliphatic hydroxyl groups is 1. The Morgan fingerprint density at radius 3 is 2.37 bits per heavy atom. The molecule has 2 atom stereocenters. The third-order valence-electron chi connectivity index (χ3n) is 5.63. The minimum absolute atomic E-state index is 0.0565. The molecule has 2 aromatic carbocycles. The number of piperidine rings is 1. The number of para-hydroxylation sites is 1. The highest BCUT2D eigenvalue weighted by Crippen LogP contribution is 2.38. The zero-order chi connectivity index (χ0) is 18.9. The number of hydrogen-bond acceptors (Lipinski definition) is 4. The van der Waals surface area contributed by atoms with Gasteiger partial charge in [-0.3, -0.25) is 9.47 Å². The molecule has 0 spiro atoms. The van der Waals surface area contributed by atoms with Crippen molar-refractivity contribution in [2.75, 3.05) is 13.1 Å². The van der Waals surface area contributed by atoms with Crippen LogP contribution >= 0.6 is 0 Å². The highest BCUT2D eigenvalue weighted by molar-refractivity contribution is 5.35. The average molecular weight is 362 g/mol. The van der Waals surface area contributed by atoms with Gasteiger partial charge in [0.1, 0.15) is 11.4 Å². The van der Waals surface area contributed by atoms with Crippen LogP contribution in [0.2, 0.25) is 0 Å². The molecule has 1 aliphatic heterocycles. The van der Waals surface area contributed by atoms with Crippen LogP contribution in [0.25, 0.3) is 5.69 Å². The number of benzene rings is 2. The molecule has 1 N–H and O–H groups in total. The van der Waals surface area contributed by atoms with E-state index >= 15 is 0 Å². The van der Waals surface area contributed by atoms with Crippen LogP contribution in [0.15, 0.2) is 60.7 Å². The van der Waals surface area contributed by atoms with Crippen molar-refractivity contribution < 1.29 is 5.11 Å². The Labute approximate surface area is 160 Å². The van der Waals surface area contributed by atoms with Gasteiger partial charge in [0.05, 0.1) is 0 Å². The molecule has 1 fully saturated rings. The summed E-state index contributed by atoms with van der Waals surface area (Å²) in [6, 6.07) is 20.5. The number of nitrogens with zero attached hydrogens (tertiary/aromatic N) is 4. The second kappa shape index (κ2) is 7.25. The average Bonchev–Trinajstić information content (AvgIpc) is 3.08. The van der Waals surface area contributed by atoms with Gasteiger partial charge in [0.2, 0.25) is 0 Å². The molecule has 0 unspecified atom stereocenters. The van der Waals surface area contributed by atoms with E-state index in [9.17, 15) is 5.11 Å². The summed E-state index contributed by atoms with van der Waals surface area (Å²) in [6.07, 6.45) is 0.645. The Balaban J connectivity index is 1.59. The molecule has 27 heavy (non-hydrogen) atoms. The molecule has 0 radical (unpaired) electrons. The van der Waals surface area contributed by atoms with Gasteiger partial charge in [0, 0.05) is 31.2 Å². The molecule has 5 heteroatoms. The standard InChI is InChI=1S/C22H26N4O/c1-17-15-25(16-19-9-5-3-6-10-19)14-13-22(17,27)21-24-23-18(2)26(21)20-11-7-4-8-12-20/h3-12,17,27H,13-16H2,1-2H3/t17-,22-/m1/s1. The van der Waals surface area contributed by atoms with Crippen molar-refractivity contribution in [3.05, 3.63) is 77.9 Å². The summed E-state index contributed by atoms with van der Waals surface area (Å²) in [7, 11) is 0. The Bertz CT molecular complexity index is 893. The van der Waals surface area contributed by atoms with Gasteiger partial charge in [-0.2, -0.15) is 0 Å². The van der Waals surface area contributed by atoms with Gasteiger partial charge in [-0.25, -0.2) is 0 Å². The largest absolute Gasteiger partial charge is 0.381 e. The number of aromatic nitrogens is 3. The zero-order valence-corrected chi connectivity index (χ0v) is 15.9. The van der Waals surface area contributed by atoms with E-state index in [1.165, 1.54) is 5.56 Å². The molecule has 0 aliphatic carbocycles. The van der Waals surface area contributed by atoms with Gasteiger partial charge < -0.3 is 5.11 Å². The lowest BCUT2D eigenvalue weighted by Gasteiger charge is -2.42. The zero-order valence-electron chi connectivity index (χ0n) is 15.9. The van der Waals surface area contributed by atoms with E-state index < -0.39 is 5.60 Å². The van der Waals surface area contributed by atoms with Crippen molar-refractivity contribution in [1.82, 2.24) is 19.7 Å². The monoisotopic (exact) mass is 362 g/mol. The first-order chi connectivity index (χ1) is 13.1. The third kappa shape index (κ3) is 3.40. The van der Waals surface area contributed by atoms with Gasteiger partial charge in [-0.05, 0) is 31.0 Å². The molecule has 0 bridgehead atoms. The highest BCUT2D eigenvalue weighted by atomic mass is 16.3. The summed E-state index contributed by atoms with van der Waals surface area (Å²) in [5.74, 6) is 1.50. The van der Waals surface area contributed by atoms with Crippen molar-refractivity contribution in [2.24, 2.45) is 5.92 Å². The van der Waals surface area contributed by atoms with E-state index in [0.29, 0.717) is 12.2 Å². The van der Waals surface area contributed by atoms with Crippen molar-refractivity contribution in [1.29, 1.82) is 0 Å². The minimum Gasteiger partial charge on any atom is -0.381 e. The summed E-state index contributed by atoms with van der Waals surface area (Å²) in [4.78, 5) is 2.41.